The molecule has 112 valence electrons. The van der Waals surface area contributed by atoms with Gasteiger partial charge in [-0.25, -0.2) is 0 Å². The number of rotatable bonds is 7. The Labute approximate surface area is 124 Å². The molecule has 8 heteroatoms. The number of carbonyl (C=O) groups excluding carboxylic acids is 1. The molecule has 1 N–H and O–H groups in total. The van der Waals surface area contributed by atoms with E-state index in [1.165, 1.54) is 0 Å². The summed E-state index contributed by atoms with van der Waals surface area (Å²) in [6.45, 7) is 8.09. The second-order valence-electron chi connectivity index (χ2n) is 4.18. The van der Waals surface area contributed by atoms with Gasteiger partial charge in [-0.1, -0.05) is 0 Å². The average Bonchev–Trinajstić information content (AvgIpc) is 2.39. The van der Waals surface area contributed by atoms with E-state index in [0.717, 1.165) is 0 Å². The van der Waals surface area contributed by atoms with Gasteiger partial charge in [0.1, 0.15) is 0 Å². The number of likely N-dealkylation sites (N-methyl/N-ethyl adjacent to an activating group) is 2. The van der Waals surface area contributed by atoms with E-state index in [9.17, 15) is 4.79 Å². The lowest BCUT2D eigenvalue weighted by Gasteiger charge is -2.23. The molecule has 20 heavy (non-hydrogen) atoms. The molecule has 0 unspecified atom stereocenters. The first-order chi connectivity index (χ1) is 9.51. The van der Waals surface area contributed by atoms with Crippen LogP contribution >= 0.6 is 11.6 Å². The molecule has 0 aliphatic heterocycles. The zero-order valence-corrected chi connectivity index (χ0v) is 13.1. The number of anilines is 2. The van der Waals surface area contributed by atoms with Crippen LogP contribution in [0.5, 0.6) is 0 Å². The summed E-state index contributed by atoms with van der Waals surface area (Å²) in [7, 11) is 1.75. The maximum Gasteiger partial charge on any atom is 0.242 e. The van der Waals surface area contributed by atoms with Crippen molar-refractivity contribution >= 4 is 29.4 Å². The standard InChI is InChI=1S/C12H21ClN6O/c1-5-14-11-15-10(13)16-12(17-11)18(4)8-9(20)19(6-2)7-3/h5-8H2,1-4H3,(H,14,15,16,17). The fraction of sp³-hybridized carbons (Fsp3) is 0.667. The number of hydrogen-bond donors (Lipinski definition) is 1. The first-order valence-corrected chi connectivity index (χ1v) is 7.03. The summed E-state index contributed by atoms with van der Waals surface area (Å²) in [4.78, 5) is 27.7. The van der Waals surface area contributed by atoms with Gasteiger partial charge in [-0.3, -0.25) is 4.79 Å². The van der Waals surface area contributed by atoms with Crippen LogP contribution in [0.15, 0.2) is 0 Å². The third kappa shape index (κ3) is 4.48. The van der Waals surface area contributed by atoms with Crippen molar-refractivity contribution < 1.29 is 4.79 Å². The summed E-state index contributed by atoms with van der Waals surface area (Å²) in [5.74, 6) is 0.810. The predicted octanol–water partition coefficient (Wildman–Crippen LogP) is 1.26. The fourth-order valence-electron chi connectivity index (χ4n) is 1.70. The van der Waals surface area contributed by atoms with Gasteiger partial charge in [0.2, 0.25) is 23.1 Å². The quantitative estimate of drug-likeness (QED) is 0.817. The van der Waals surface area contributed by atoms with Crippen LogP contribution < -0.4 is 10.2 Å². The van der Waals surface area contributed by atoms with E-state index in [2.05, 4.69) is 20.3 Å². The second kappa shape index (κ2) is 7.84. The highest BCUT2D eigenvalue weighted by Crippen LogP contribution is 2.12. The van der Waals surface area contributed by atoms with Crippen LogP contribution in [0.1, 0.15) is 20.8 Å². The lowest BCUT2D eigenvalue weighted by Crippen LogP contribution is -2.39. The maximum atomic E-state index is 12.0. The Morgan fingerprint density at radius 2 is 1.85 bits per heavy atom. The molecular formula is C12H21ClN6O. The number of carbonyl (C=O) groups is 1. The summed E-state index contributed by atoms with van der Waals surface area (Å²) in [6, 6.07) is 0. The molecule has 0 saturated carbocycles. The van der Waals surface area contributed by atoms with Crippen LogP contribution in [0.2, 0.25) is 5.28 Å². The monoisotopic (exact) mass is 300 g/mol. The van der Waals surface area contributed by atoms with E-state index in [4.69, 9.17) is 11.6 Å². The molecule has 0 spiro atoms. The van der Waals surface area contributed by atoms with Crippen molar-refractivity contribution in [2.75, 3.05) is 43.4 Å². The molecule has 0 aliphatic rings. The summed E-state index contributed by atoms with van der Waals surface area (Å²) in [5.41, 5.74) is 0. The SMILES string of the molecule is CCNc1nc(Cl)nc(N(C)CC(=O)N(CC)CC)n1. The van der Waals surface area contributed by atoms with Crippen LogP contribution in [-0.2, 0) is 4.79 Å². The second-order valence-corrected chi connectivity index (χ2v) is 4.52. The minimum atomic E-state index is 0.0269. The van der Waals surface area contributed by atoms with Crippen molar-refractivity contribution in [1.29, 1.82) is 0 Å². The molecule has 1 aromatic heterocycles. The van der Waals surface area contributed by atoms with Crippen molar-refractivity contribution in [1.82, 2.24) is 19.9 Å². The highest BCUT2D eigenvalue weighted by molar-refractivity contribution is 6.28. The fourth-order valence-corrected chi connectivity index (χ4v) is 1.85. The molecule has 7 nitrogen and oxygen atoms in total. The molecule has 0 saturated heterocycles. The van der Waals surface area contributed by atoms with Crippen molar-refractivity contribution in [2.45, 2.75) is 20.8 Å². The Morgan fingerprint density at radius 1 is 1.20 bits per heavy atom. The minimum Gasteiger partial charge on any atom is -0.354 e. The Morgan fingerprint density at radius 3 is 2.40 bits per heavy atom. The molecule has 0 bridgehead atoms. The lowest BCUT2D eigenvalue weighted by atomic mass is 10.4. The molecule has 0 atom stereocenters. The van der Waals surface area contributed by atoms with Gasteiger partial charge in [-0.15, -0.1) is 0 Å². The summed E-state index contributed by atoms with van der Waals surface area (Å²) >= 11 is 5.86. The third-order valence-electron chi connectivity index (χ3n) is 2.76. The molecule has 1 rings (SSSR count). The zero-order chi connectivity index (χ0) is 15.1. The Kier molecular flexibility index (Phi) is 6.44. The summed E-state index contributed by atoms with van der Waals surface area (Å²) in [5, 5.41) is 3.08. The van der Waals surface area contributed by atoms with Gasteiger partial charge in [-0.05, 0) is 32.4 Å². The first kappa shape index (κ1) is 16.4. The highest BCUT2D eigenvalue weighted by Gasteiger charge is 2.15. The predicted molar refractivity (Wildman–Crippen MR) is 80.2 cm³/mol. The van der Waals surface area contributed by atoms with E-state index in [1.54, 1.807) is 16.8 Å². The van der Waals surface area contributed by atoms with Crippen LogP contribution in [0.4, 0.5) is 11.9 Å². The summed E-state index contributed by atoms with van der Waals surface area (Å²) in [6.07, 6.45) is 0. The Hall–Kier alpha value is -1.63. The van der Waals surface area contributed by atoms with Gasteiger partial charge in [0, 0.05) is 26.7 Å². The number of nitrogens with one attached hydrogen (secondary N) is 1. The number of nitrogens with zero attached hydrogens (tertiary/aromatic N) is 5. The number of amides is 1. The van der Waals surface area contributed by atoms with Crippen LogP contribution in [-0.4, -0.2) is 59.0 Å². The zero-order valence-electron chi connectivity index (χ0n) is 12.4. The number of hydrogen-bond acceptors (Lipinski definition) is 6. The first-order valence-electron chi connectivity index (χ1n) is 6.66. The van der Waals surface area contributed by atoms with E-state index in [1.807, 2.05) is 20.8 Å². The summed E-state index contributed by atoms with van der Waals surface area (Å²) < 4.78 is 0. The van der Waals surface area contributed by atoms with Crippen molar-refractivity contribution in [3.8, 4) is 0 Å². The molecule has 0 fully saturated rings. The van der Waals surface area contributed by atoms with Gasteiger partial charge in [0.15, 0.2) is 0 Å². The molecule has 0 aromatic carbocycles. The van der Waals surface area contributed by atoms with E-state index in [0.29, 0.717) is 31.5 Å². The third-order valence-corrected chi connectivity index (χ3v) is 2.93. The van der Waals surface area contributed by atoms with Gasteiger partial charge in [0.05, 0.1) is 6.54 Å². The van der Waals surface area contributed by atoms with Crippen LogP contribution in [0.3, 0.4) is 0 Å². The number of halogens is 1. The largest absolute Gasteiger partial charge is 0.354 e. The minimum absolute atomic E-state index is 0.0269. The van der Waals surface area contributed by atoms with Gasteiger partial charge >= 0.3 is 0 Å². The topological polar surface area (TPSA) is 74.2 Å². The molecule has 0 radical (unpaired) electrons. The number of aromatic nitrogens is 3. The van der Waals surface area contributed by atoms with E-state index >= 15 is 0 Å². The van der Waals surface area contributed by atoms with Crippen LogP contribution in [0.25, 0.3) is 0 Å². The van der Waals surface area contributed by atoms with Crippen molar-refractivity contribution in [2.24, 2.45) is 0 Å². The Balaban J connectivity index is 2.81. The molecule has 0 aliphatic carbocycles. The normalized spacial score (nSPS) is 10.2. The van der Waals surface area contributed by atoms with Crippen molar-refractivity contribution in [3.63, 3.8) is 0 Å². The lowest BCUT2D eigenvalue weighted by molar-refractivity contribution is -0.129. The molecule has 1 aromatic rings. The Bertz CT molecular complexity index is 452. The van der Waals surface area contributed by atoms with Crippen LogP contribution in [0, 0.1) is 0 Å². The highest BCUT2D eigenvalue weighted by atomic mass is 35.5. The molecule has 1 heterocycles. The molecule has 1 amide bonds. The van der Waals surface area contributed by atoms with E-state index < -0.39 is 0 Å². The van der Waals surface area contributed by atoms with E-state index in [-0.39, 0.29) is 17.7 Å². The van der Waals surface area contributed by atoms with Gasteiger partial charge in [0.25, 0.3) is 0 Å². The maximum absolute atomic E-state index is 12.0. The smallest absolute Gasteiger partial charge is 0.242 e. The van der Waals surface area contributed by atoms with Crippen molar-refractivity contribution in [3.05, 3.63) is 5.28 Å². The average molecular weight is 301 g/mol. The van der Waals surface area contributed by atoms with Gasteiger partial charge in [-0.2, -0.15) is 15.0 Å². The van der Waals surface area contributed by atoms with Gasteiger partial charge < -0.3 is 15.1 Å². The molecular weight excluding hydrogens is 280 g/mol.